The van der Waals surface area contributed by atoms with Gasteiger partial charge in [-0.15, -0.1) is 0 Å². The van der Waals surface area contributed by atoms with Crippen LogP contribution in [0.15, 0.2) is 47.3 Å². The average Bonchev–Trinajstić information content (AvgIpc) is 2.83. The summed E-state index contributed by atoms with van der Waals surface area (Å²) >= 11 is 0. The fourth-order valence-corrected chi connectivity index (χ4v) is 3.31. The lowest BCUT2D eigenvalue weighted by molar-refractivity contribution is -0.385. The Morgan fingerprint density at radius 1 is 1.27 bits per heavy atom. The van der Waals surface area contributed by atoms with Gasteiger partial charge in [-0.2, -0.15) is 0 Å². The minimum Gasteiger partial charge on any atom is -0.481 e. The molecule has 0 saturated carbocycles. The Hall–Kier alpha value is -3.59. The number of aromatic nitrogens is 2. The van der Waals surface area contributed by atoms with Crippen LogP contribution in [0, 0.1) is 10.1 Å². The van der Waals surface area contributed by atoms with Crippen molar-refractivity contribution in [2.45, 2.75) is 12.0 Å². The molecule has 0 radical (unpaired) electrons. The lowest BCUT2D eigenvalue weighted by atomic mass is 9.91. The van der Waals surface area contributed by atoms with E-state index in [9.17, 15) is 29.9 Å². The number of carboxylic acids is 1. The molecule has 2 aromatic carbocycles. The van der Waals surface area contributed by atoms with Crippen LogP contribution >= 0.6 is 0 Å². The first-order valence-corrected chi connectivity index (χ1v) is 7.58. The standard InChI is InChI=1S/C17H11N3O6/c21-14(22)8-17(24)11-7-9(20(25)26)5-6-13(11)19-15(23)10-3-1-2-4-12(10)18-16(17)19/h1-7,24H,8H2,(H,21,22)/t17-/m0/s1. The van der Waals surface area contributed by atoms with Gasteiger partial charge in [-0.25, -0.2) is 4.98 Å². The first-order chi connectivity index (χ1) is 12.3. The average molecular weight is 353 g/mol. The maximum atomic E-state index is 12.9. The third-order valence-corrected chi connectivity index (χ3v) is 4.43. The highest BCUT2D eigenvalue weighted by atomic mass is 16.6. The number of benzene rings is 2. The number of para-hydroxylation sites is 1. The van der Waals surface area contributed by atoms with E-state index in [1.165, 1.54) is 12.1 Å². The molecule has 3 aromatic rings. The summed E-state index contributed by atoms with van der Waals surface area (Å²) in [5.41, 5.74) is -2.52. The number of hydrogen-bond donors (Lipinski definition) is 2. The molecule has 0 bridgehead atoms. The predicted molar refractivity (Wildman–Crippen MR) is 89.2 cm³/mol. The molecule has 2 heterocycles. The van der Waals surface area contributed by atoms with Gasteiger partial charge in [0.2, 0.25) is 0 Å². The quantitative estimate of drug-likeness (QED) is 0.535. The van der Waals surface area contributed by atoms with Crippen LogP contribution in [-0.4, -0.2) is 30.7 Å². The first-order valence-electron chi connectivity index (χ1n) is 7.58. The van der Waals surface area contributed by atoms with Crippen molar-refractivity contribution in [3.63, 3.8) is 0 Å². The molecule has 0 saturated heterocycles. The maximum Gasteiger partial charge on any atom is 0.307 e. The van der Waals surface area contributed by atoms with Crippen molar-refractivity contribution in [3.8, 4) is 5.69 Å². The van der Waals surface area contributed by atoms with Crippen molar-refractivity contribution < 1.29 is 19.9 Å². The van der Waals surface area contributed by atoms with Crippen molar-refractivity contribution in [1.29, 1.82) is 0 Å². The Bertz CT molecular complexity index is 1170. The van der Waals surface area contributed by atoms with E-state index in [-0.39, 0.29) is 22.8 Å². The summed E-state index contributed by atoms with van der Waals surface area (Å²) in [5.74, 6) is -1.50. The highest BCUT2D eigenvalue weighted by Gasteiger charge is 2.47. The van der Waals surface area contributed by atoms with Crippen molar-refractivity contribution in [2.24, 2.45) is 0 Å². The zero-order valence-electron chi connectivity index (χ0n) is 13.1. The van der Waals surface area contributed by atoms with E-state index < -0.39 is 28.5 Å². The van der Waals surface area contributed by atoms with Gasteiger partial charge in [0.05, 0.1) is 27.9 Å². The molecule has 130 valence electrons. The zero-order valence-corrected chi connectivity index (χ0v) is 13.1. The summed E-state index contributed by atoms with van der Waals surface area (Å²) in [6.07, 6.45) is -0.786. The molecule has 1 aromatic heterocycles. The fraction of sp³-hybridized carbons (Fsp3) is 0.118. The van der Waals surface area contributed by atoms with E-state index in [2.05, 4.69) is 4.98 Å². The number of rotatable bonds is 3. The van der Waals surface area contributed by atoms with Gasteiger partial charge >= 0.3 is 5.97 Å². The molecule has 9 nitrogen and oxygen atoms in total. The van der Waals surface area contributed by atoms with E-state index in [0.29, 0.717) is 10.9 Å². The summed E-state index contributed by atoms with van der Waals surface area (Å²) in [6.45, 7) is 0. The minimum atomic E-state index is -2.16. The maximum absolute atomic E-state index is 12.9. The molecule has 4 rings (SSSR count). The van der Waals surface area contributed by atoms with Crippen LogP contribution in [0.4, 0.5) is 5.69 Å². The molecular weight excluding hydrogens is 342 g/mol. The molecule has 1 atom stereocenters. The number of nitro groups is 1. The van der Waals surface area contributed by atoms with Crippen LogP contribution in [0.25, 0.3) is 16.6 Å². The fourth-order valence-electron chi connectivity index (χ4n) is 3.31. The predicted octanol–water partition coefficient (Wildman–Crippen LogP) is 1.32. The smallest absolute Gasteiger partial charge is 0.307 e. The summed E-state index contributed by atoms with van der Waals surface area (Å²) in [5, 5.41) is 31.8. The number of nitro benzene ring substituents is 1. The van der Waals surface area contributed by atoms with Gasteiger partial charge in [0.1, 0.15) is 0 Å². The van der Waals surface area contributed by atoms with E-state index in [0.717, 1.165) is 10.6 Å². The van der Waals surface area contributed by atoms with Gasteiger partial charge in [-0.3, -0.25) is 24.3 Å². The Kier molecular flexibility index (Phi) is 3.18. The Morgan fingerprint density at radius 3 is 2.69 bits per heavy atom. The minimum absolute atomic E-state index is 0.0333. The van der Waals surface area contributed by atoms with Crippen molar-refractivity contribution in [1.82, 2.24) is 9.55 Å². The highest BCUT2D eigenvalue weighted by molar-refractivity contribution is 5.80. The SMILES string of the molecule is O=C(O)C[C@]1(O)c2cc([N+](=O)[O-])ccc2-n2c1nc1ccccc1c2=O. The number of aliphatic hydroxyl groups is 1. The van der Waals surface area contributed by atoms with E-state index in [4.69, 9.17) is 0 Å². The molecule has 1 aliphatic heterocycles. The third-order valence-electron chi connectivity index (χ3n) is 4.43. The Morgan fingerprint density at radius 2 is 2.00 bits per heavy atom. The number of carbonyl (C=O) groups is 1. The molecule has 0 fully saturated rings. The lowest BCUT2D eigenvalue weighted by Crippen LogP contribution is -2.32. The van der Waals surface area contributed by atoms with Gasteiger partial charge in [0, 0.05) is 17.7 Å². The number of fused-ring (bicyclic) bond motifs is 4. The molecule has 0 amide bonds. The summed E-state index contributed by atoms with van der Waals surface area (Å²) in [4.78, 5) is 39.0. The molecule has 2 N–H and O–H groups in total. The molecule has 9 heteroatoms. The van der Waals surface area contributed by atoms with Gasteiger partial charge < -0.3 is 10.2 Å². The van der Waals surface area contributed by atoms with E-state index in [1.54, 1.807) is 24.3 Å². The molecular formula is C17H11N3O6. The molecule has 26 heavy (non-hydrogen) atoms. The Labute approximate surface area is 144 Å². The molecule has 0 unspecified atom stereocenters. The van der Waals surface area contributed by atoms with Crippen molar-refractivity contribution in [2.75, 3.05) is 0 Å². The number of hydrogen-bond acceptors (Lipinski definition) is 6. The number of nitrogens with zero attached hydrogens (tertiary/aromatic N) is 3. The molecule has 0 spiro atoms. The number of carboxylic acid groups (broad SMARTS) is 1. The first kappa shape index (κ1) is 15.9. The summed E-state index contributed by atoms with van der Waals surface area (Å²) < 4.78 is 1.12. The largest absolute Gasteiger partial charge is 0.481 e. The normalized spacial score (nSPS) is 17.7. The van der Waals surface area contributed by atoms with E-state index >= 15 is 0 Å². The topological polar surface area (TPSA) is 136 Å². The van der Waals surface area contributed by atoms with Crippen molar-refractivity contribution >= 4 is 22.6 Å². The zero-order chi connectivity index (χ0) is 18.6. The second kappa shape index (κ2) is 5.20. The lowest BCUT2D eigenvalue weighted by Gasteiger charge is -2.21. The van der Waals surface area contributed by atoms with Crippen molar-refractivity contribution in [3.05, 3.63) is 74.3 Å². The van der Waals surface area contributed by atoms with Crippen LogP contribution < -0.4 is 5.56 Å². The summed E-state index contributed by atoms with van der Waals surface area (Å²) in [7, 11) is 0. The van der Waals surface area contributed by atoms with Crippen LogP contribution in [0.3, 0.4) is 0 Å². The van der Waals surface area contributed by atoms with Gasteiger partial charge in [-0.1, -0.05) is 12.1 Å². The highest BCUT2D eigenvalue weighted by Crippen LogP contribution is 2.43. The Balaban J connectivity index is 2.13. The second-order valence-corrected chi connectivity index (χ2v) is 5.98. The molecule has 0 aliphatic carbocycles. The number of aliphatic carboxylic acids is 1. The van der Waals surface area contributed by atoms with Crippen LogP contribution in [0.1, 0.15) is 17.8 Å². The van der Waals surface area contributed by atoms with E-state index in [1.807, 2.05) is 0 Å². The van der Waals surface area contributed by atoms with Gasteiger partial charge in [-0.05, 0) is 18.2 Å². The van der Waals surface area contributed by atoms with Crippen LogP contribution in [0.5, 0.6) is 0 Å². The molecule has 1 aliphatic rings. The van der Waals surface area contributed by atoms with Crippen LogP contribution in [-0.2, 0) is 10.4 Å². The van der Waals surface area contributed by atoms with Gasteiger partial charge in [0.25, 0.3) is 11.2 Å². The second-order valence-electron chi connectivity index (χ2n) is 5.98. The van der Waals surface area contributed by atoms with Crippen LogP contribution in [0.2, 0.25) is 0 Å². The monoisotopic (exact) mass is 353 g/mol. The summed E-state index contributed by atoms with van der Waals surface area (Å²) in [6, 6.07) is 10.0. The number of non-ortho nitro benzene ring substituents is 1. The third kappa shape index (κ3) is 2.04. The van der Waals surface area contributed by atoms with Gasteiger partial charge in [0.15, 0.2) is 11.4 Å².